The fraction of sp³-hybridized carbons (Fsp3) is 0.750. The first-order valence-corrected chi connectivity index (χ1v) is 7.31. The first kappa shape index (κ1) is 15.1. The second-order valence-corrected chi connectivity index (χ2v) is 6.70. The third-order valence-electron chi connectivity index (χ3n) is 5.73. The van der Waals surface area contributed by atoms with Gasteiger partial charge in [0, 0.05) is 5.41 Å². The monoisotopic (exact) mass is 280 g/mol. The van der Waals surface area contributed by atoms with Crippen molar-refractivity contribution >= 4 is 11.9 Å². The molecule has 0 aromatic rings. The summed E-state index contributed by atoms with van der Waals surface area (Å²) in [6, 6.07) is 0. The van der Waals surface area contributed by atoms with E-state index in [1.165, 1.54) is 6.42 Å². The van der Waals surface area contributed by atoms with E-state index in [9.17, 15) is 9.59 Å². The maximum Gasteiger partial charge on any atom is 0.345 e. The molecule has 0 radical (unpaired) electrons. The molecule has 20 heavy (non-hydrogen) atoms. The summed E-state index contributed by atoms with van der Waals surface area (Å²) < 4.78 is 10.4. The largest absolute Gasteiger partial charge is 0.462 e. The number of carbonyl (C=O) groups excluding carboxylic acids is 2. The fourth-order valence-corrected chi connectivity index (χ4v) is 3.81. The Morgan fingerprint density at radius 1 is 1.25 bits per heavy atom. The predicted octanol–water partition coefficient (Wildman–Crippen LogP) is 2.86. The van der Waals surface area contributed by atoms with E-state index in [-0.39, 0.29) is 29.1 Å². The van der Waals surface area contributed by atoms with Crippen LogP contribution in [0.2, 0.25) is 0 Å². The summed E-state index contributed by atoms with van der Waals surface area (Å²) in [4.78, 5) is 23.5. The second kappa shape index (κ2) is 4.90. The van der Waals surface area contributed by atoms with Crippen LogP contribution in [0, 0.1) is 16.7 Å². The van der Waals surface area contributed by atoms with Crippen molar-refractivity contribution in [3.8, 4) is 0 Å². The van der Waals surface area contributed by atoms with Crippen LogP contribution in [0.4, 0.5) is 0 Å². The molecule has 2 aliphatic carbocycles. The lowest BCUT2D eigenvalue weighted by Gasteiger charge is -2.38. The van der Waals surface area contributed by atoms with Crippen LogP contribution in [0.3, 0.4) is 0 Å². The van der Waals surface area contributed by atoms with Gasteiger partial charge in [-0.1, -0.05) is 27.4 Å². The average Bonchev–Trinajstić information content (AvgIpc) is 2.71. The molecule has 2 bridgehead atoms. The Morgan fingerprint density at radius 3 is 2.35 bits per heavy atom. The van der Waals surface area contributed by atoms with Crippen LogP contribution < -0.4 is 0 Å². The van der Waals surface area contributed by atoms with Crippen molar-refractivity contribution in [2.45, 2.75) is 53.1 Å². The third kappa shape index (κ3) is 2.05. The zero-order chi connectivity index (χ0) is 15.1. The van der Waals surface area contributed by atoms with Crippen molar-refractivity contribution in [1.82, 2.24) is 0 Å². The number of ether oxygens (including phenoxy) is 2. The standard InChI is InChI=1S/C16H24O4/c1-6-19-13(17)10(2)14(18)20-12-9-11-7-8-16(12,5)15(11,3)4/h11-12H,2,6-9H2,1,3-5H3. The summed E-state index contributed by atoms with van der Waals surface area (Å²) in [5.74, 6) is -0.746. The SMILES string of the molecule is C=C(C(=O)OCC)C(=O)OC1CC2CCC1(C)C2(C)C. The summed E-state index contributed by atoms with van der Waals surface area (Å²) in [5, 5.41) is 0. The zero-order valence-electron chi connectivity index (χ0n) is 12.8. The van der Waals surface area contributed by atoms with Gasteiger partial charge in [-0.05, 0) is 37.5 Å². The van der Waals surface area contributed by atoms with Crippen LogP contribution in [0.1, 0.15) is 47.0 Å². The molecule has 2 saturated carbocycles. The van der Waals surface area contributed by atoms with Crippen LogP contribution in [0.15, 0.2) is 12.2 Å². The van der Waals surface area contributed by atoms with E-state index < -0.39 is 11.9 Å². The quantitative estimate of drug-likeness (QED) is 0.344. The van der Waals surface area contributed by atoms with Gasteiger partial charge in [-0.15, -0.1) is 0 Å². The van der Waals surface area contributed by atoms with Crippen LogP contribution >= 0.6 is 0 Å². The lowest BCUT2D eigenvalue weighted by molar-refractivity contribution is -0.155. The normalized spacial score (nSPS) is 33.8. The molecular weight excluding hydrogens is 256 g/mol. The highest BCUT2D eigenvalue weighted by molar-refractivity contribution is 6.13. The van der Waals surface area contributed by atoms with E-state index >= 15 is 0 Å². The van der Waals surface area contributed by atoms with Crippen LogP contribution in [0.5, 0.6) is 0 Å². The summed E-state index contributed by atoms with van der Waals surface area (Å²) in [5.41, 5.74) is -0.0538. The van der Waals surface area contributed by atoms with E-state index in [0.717, 1.165) is 12.8 Å². The van der Waals surface area contributed by atoms with Gasteiger partial charge in [0.05, 0.1) is 6.61 Å². The maximum absolute atomic E-state index is 12.0. The number of esters is 2. The van der Waals surface area contributed by atoms with Crippen molar-refractivity contribution in [2.24, 2.45) is 16.7 Å². The van der Waals surface area contributed by atoms with Gasteiger partial charge in [0.15, 0.2) is 0 Å². The van der Waals surface area contributed by atoms with E-state index in [4.69, 9.17) is 9.47 Å². The zero-order valence-corrected chi connectivity index (χ0v) is 12.8. The highest BCUT2D eigenvalue weighted by Crippen LogP contribution is 2.66. The molecule has 0 N–H and O–H groups in total. The van der Waals surface area contributed by atoms with Crippen molar-refractivity contribution < 1.29 is 19.1 Å². The smallest absolute Gasteiger partial charge is 0.345 e. The van der Waals surface area contributed by atoms with Gasteiger partial charge in [0.2, 0.25) is 0 Å². The number of carbonyl (C=O) groups is 2. The lowest BCUT2D eigenvalue weighted by Crippen LogP contribution is -2.39. The van der Waals surface area contributed by atoms with E-state index in [1.807, 2.05) is 0 Å². The molecule has 2 rings (SSSR count). The fourth-order valence-electron chi connectivity index (χ4n) is 3.81. The molecule has 4 heteroatoms. The van der Waals surface area contributed by atoms with Crippen molar-refractivity contribution in [3.63, 3.8) is 0 Å². The van der Waals surface area contributed by atoms with Gasteiger partial charge in [-0.25, -0.2) is 9.59 Å². The minimum absolute atomic E-state index is 0.0116. The Morgan fingerprint density at radius 2 is 1.90 bits per heavy atom. The van der Waals surface area contributed by atoms with Gasteiger partial charge in [0.25, 0.3) is 0 Å². The number of hydrogen-bond donors (Lipinski definition) is 0. The molecule has 3 unspecified atom stereocenters. The van der Waals surface area contributed by atoms with Gasteiger partial charge in [-0.2, -0.15) is 0 Å². The first-order valence-electron chi connectivity index (χ1n) is 7.31. The van der Waals surface area contributed by atoms with Crippen LogP contribution in [-0.4, -0.2) is 24.6 Å². The molecule has 3 atom stereocenters. The van der Waals surface area contributed by atoms with Gasteiger partial charge in [0.1, 0.15) is 11.7 Å². The third-order valence-corrected chi connectivity index (χ3v) is 5.73. The lowest BCUT2D eigenvalue weighted by atomic mass is 9.70. The molecule has 0 amide bonds. The van der Waals surface area contributed by atoms with E-state index in [0.29, 0.717) is 5.92 Å². The Bertz CT molecular complexity index is 451. The Labute approximate surface area is 120 Å². The Kier molecular flexibility index (Phi) is 3.69. The number of rotatable bonds is 4. The molecule has 0 spiro atoms. The predicted molar refractivity (Wildman–Crippen MR) is 74.9 cm³/mol. The average molecular weight is 280 g/mol. The summed E-state index contributed by atoms with van der Waals surface area (Å²) in [6.45, 7) is 12.1. The molecule has 0 saturated heterocycles. The highest BCUT2D eigenvalue weighted by atomic mass is 16.6. The molecule has 2 fully saturated rings. The van der Waals surface area contributed by atoms with Gasteiger partial charge in [-0.3, -0.25) is 0 Å². The molecule has 0 aliphatic heterocycles. The maximum atomic E-state index is 12.0. The summed E-state index contributed by atoms with van der Waals surface area (Å²) >= 11 is 0. The minimum atomic E-state index is -0.690. The molecule has 0 aromatic carbocycles. The molecular formula is C16H24O4. The summed E-state index contributed by atoms with van der Waals surface area (Å²) in [6.07, 6.45) is 3.01. The van der Waals surface area contributed by atoms with Crippen molar-refractivity contribution in [3.05, 3.63) is 12.2 Å². The highest BCUT2D eigenvalue weighted by Gasteiger charge is 2.62. The first-order chi connectivity index (χ1) is 9.24. The molecule has 0 aromatic heterocycles. The number of fused-ring (bicyclic) bond motifs is 2. The van der Waals surface area contributed by atoms with Gasteiger partial charge < -0.3 is 9.47 Å². The van der Waals surface area contributed by atoms with Crippen LogP contribution in [0.25, 0.3) is 0 Å². The topological polar surface area (TPSA) is 52.6 Å². The summed E-state index contributed by atoms with van der Waals surface area (Å²) in [7, 11) is 0. The molecule has 0 heterocycles. The second-order valence-electron chi connectivity index (χ2n) is 6.70. The Balaban J connectivity index is 2.04. The Hall–Kier alpha value is -1.32. The molecule has 2 aliphatic rings. The molecule has 112 valence electrons. The van der Waals surface area contributed by atoms with E-state index in [1.54, 1.807) is 6.92 Å². The van der Waals surface area contributed by atoms with Crippen molar-refractivity contribution in [2.75, 3.05) is 6.61 Å². The minimum Gasteiger partial charge on any atom is -0.462 e. The van der Waals surface area contributed by atoms with Crippen LogP contribution in [-0.2, 0) is 19.1 Å². The van der Waals surface area contributed by atoms with Crippen molar-refractivity contribution in [1.29, 1.82) is 0 Å². The molecule has 4 nitrogen and oxygen atoms in total. The van der Waals surface area contributed by atoms with E-state index in [2.05, 4.69) is 27.4 Å². The van der Waals surface area contributed by atoms with Gasteiger partial charge >= 0.3 is 11.9 Å². The number of hydrogen-bond acceptors (Lipinski definition) is 4.